The smallest absolute Gasteiger partial charge is 0.145 e. The van der Waals surface area contributed by atoms with Crippen LogP contribution in [0.3, 0.4) is 0 Å². The second-order valence-electron chi connectivity index (χ2n) is 3.98. The summed E-state index contributed by atoms with van der Waals surface area (Å²) in [4.78, 5) is 0. The second kappa shape index (κ2) is 5.45. The predicted octanol–water partition coefficient (Wildman–Crippen LogP) is 3.76. The van der Waals surface area contributed by atoms with Gasteiger partial charge in [0.25, 0.3) is 0 Å². The fourth-order valence-electron chi connectivity index (χ4n) is 1.91. The minimum absolute atomic E-state index is 0.807. The van der Waals surface area contributed by atoms with Gasteiger partial charge in [-0.15, -0.1) is 0 Å². The summed E-state index contributed by atoms with van der Waals surface area (Å²) >= 11 is 0. The van der Waals surface area contributed by atoms with Crippen molar-refractivity contribution in [3.05, 3.63) is 48.0 Å². The summed E-state index contributed by atoms with van der Waals surface area (Å²) in [5.41, 5.74) is 2.95. The highest BCUT2D eigenvalue weighted by Gasteiger charge is 2.08. The summed E-state index contributed by atoms with van der Waals surface area (Å²) < 4.78 is 10.7. The van der Waals surface area contributed by atoms with Crippen LogP contribution in [0.1, 0.15) is 5.56 Å². The van der Waals surface area contributed by atoms with Gasteiger partial charge < -0.3 is 14.8 Å². The van der Waals surface area contributed by atoms with Crippen molar-refractivity contribution in [1.29, 1.82) is 0 Å². The van der Waals surface area contributed by atoms with Crippen LogP contribution >= 0.6 is 0 Å². The highest BCUT2D eigenvalue weighted by atomic mass is 16.5. The third-order valence-electron chi connectivity index (χ3n) is 2.79. The summed E-state index contributed by atoms with van der Waals surface area (Å²) in [6, 6.07) is 13.8. The van der Waals surface area contributed by atoms with Crippen LogP contribution in [0.2, 0.25) is 0 Å². The Labute approximate surface area is 107 Å². The molecule has 2 rings (SSSR count). The van der Waals surface area contributed by atoms with Gasteiger partial charge in [0.05, 0.1) is 25.6 Å². The van der Waals surface area contributed by atoms with E-state index in [2.05, 4.69) is 5.32 Å². The number of methoxy groups -OCH3 is 2. The molecule has 0 aliphatic carbocycles. The zero-order valence-corrected chi connectivity index (χ0v) is 10.9. The second-order valence-corrected chi connectivity index (χ2v) is 3.98. The van der Waals surface area contributed by atoms with Crippen LogP contribution in [0.4, 0.5) is 11.4 Å². The molecule has 94 valence electrons. The zero-order valence-electron chi connectivity index (χ0n) is 10.9. The first-order valence-corrected chi connectivity index (χ1v) is 5.80. The normalized spacial score (nSPS) is 9.94. The highest BCUT2D eigenvalue weighted by molar-refractivity contribution is 5.71. The summed E-state index contributed by atoms with van der Waals surface area (Å²) in [6.07, 6.45) is 0. The van der Waals surface area contributed by atoms with E-state index in [1.165, 1.54) is 0 Å². The molecule has 0 aromatic heterocycles. The summed E-state index contributed by atoms with van der Waals surface area (Å²) in [6.45, 7) is 2.02. The largest absolute Gasteiger partial charge is 0.495 e. The third kappa shape index (κ3) is 2.40. The van der Waals surface area contributed by atoms with Crippen LogP contribution in [-0.4, -0.2) is 14.2 Å². The number of benzene rings is 2. The van der Waals surface area contributed by atoms with Crippen molar-refractivity contribution >= 4 is 11.4 Å². The number of hydrogen-bond donors (Lipinski definition) is 1. The Bertz CT molecular complexity index is 538. The molecule has 0 amide bonds. The van der Waals surface area contributed by atoms with E-state index in [0.29, 0.717) is 0 Å². The maximum Gasteiger partial charge on any atom is 0.145 e. The quantitative estimate of drug-likeness (QED) is 0.887. The van der Waals surface area contributed by atoms with Gasteiger partial charge in [0, 0.05) is 0 Å². The molecule has 0 unspecified atom stereocenters. The van der Waals surface area contributed by atoms with Crippen LogP contribution in [-0.2, 0) is 0 Å². The molecular formula is C15H17NO2. The van der Waals surface area contributed by atoms with Crippen molar-refractivity contribution < 1.29 is 9.47 Å². The first kappa shape index (κ1) is 12.3. The van der Waals surface area contributed by atoms with Crippen molar-refractivity contribution in [2.75, 3.05) is 19.5 Å². The summed E-state index contributed by atoms with van der Waals surface area (Å²) in [5, 5.41) is 3.33. The molecule has 3 nitrogen and oxygen atoms in total. The van der Waals surface area contributed by atoms with Crippen LogP contribution in [0.15, 0.2) is 42.5 Å². The molecule has 3 heteroatoms. The maximum atomic E-state index is 5.42. The van der Waals surface area contributed by atoms with Crippen molar-refractivity contribution in [2.24, 2.45) is 0 Å². The maximum absolute atomic E-state index is 5.42. The first-order valence-electron chi connectivity index (χ1n) is 5.80. The van der Waals surface area contributed by atoms with E-state index in [1.54, 1.807) is 14.2 Å². The van der Waals surface area contributed by atoms with Crippen molar-refractivity contribution in [3.63, 3.8) is 0 Å². The molecule has 2 aromatic rings. The zero-order chi connectivity index (χ0) is 13.0. The topological polar surface area (TPSA) is 30.5 Å². The minimum Gasteiger partial charge on any atom is -0.495 e. The summed E-state index contributed by atoms with van der Waals surface area (Å²) in [7, 11) is 3.34. The molecule has 0 bridgehead atoms. The number of aryl methyl sites for hydroxylation is 1. The Morgan fingerprint density at radius 3 is 2.28 bits per heavy atom. The van der Waals surface area contributed by atoms with Crippen LogP contribution in [0, 0.1) is 6.92 Å². The number of anilines is 2. The van der Waals surface area contributed by atoms with Gasteiger partial charge in [-0.05, 0) is 30.7 Å². The monoisotopic (exact) mass is 243 g/mol. The average Bonchev–Trinajstić information content (AvgIpc) is 2.40. The standard InChI is InChI=1S/C15H17NO2/c1-11-7-6-9-13(15(11)18-3)16-12-8-4-5-10-14(12)17-2/h4-10,16H,1-3H3. The number of rotatable bonds is 4. The van der Waals surface area contributed by atoms with Gasteiger partial charge in [0.1, 0.15) is 11.5 Å². The van der Waals surface area contributed by atoms with E-state index in [1.807, 2.05) is 49.4 Å². The van der Waals surface area contributed by atoms with Crippen molar-refractivity contribution in [2.45, 2.75) is 6.92 Å². The Morgan fingerprint density at radius 1 is 0.833 bits per heavy atom. The van der Waals surface area contributed by atoms with Gasteiger partial charge >= 0.3 is 0 Å². The molecule has 0 fully saturated rings. The van der Waals surface area contributed by atoms with Gasteiger partial charge in [-0.2, -0.15) is 0 Å². The lowest BCUT2D eigenvalue weighted by molar-refractivity contribution is 0.412. The van der Waals surface area contributed by atoms with Crippen LogP contribution < -0.4 is 14.8 Å². The molecule has 0 saturated carbocycles. The van der Waals surface area contributed by atoms with E-state index < -0.39 is 0 Å². The van der Waals surface area contributed by atoms with Gasteiger partial charge in [-0.3, -0.25) is 0 Å². The van der Waals surface area contributed by atoms with E-state index in [-0.39, 0.29) is 0 Å². The molecule has 1 N–H and O–H groups in total. The number of para-hydroxylation sites is 3. The fraction of sp³-hybridized carbons (Fsp3) is 0.200. The molecule has 0 heterocycles. The molecule has 18 heavy (non-hydrogen) atoms. The van der Waals surface area contributed by atoms with Crippen molar-refractivity contribution in [1.82, 2.24) is 0 Å². The highest BCUT2D eigenvalue weighted by Crippen LogP contribution is 2.33. The molecule has 0 radical (unpaired) electrons. The van der Waals surface area contributed by atoms with E-state index >= 15 is 0 Å². The lowest BCUT2D eigenvalue weighted by atomic mass is 10.2. The van der Waals surface area contributed by atoms with E-state index in [4.69, 9.17) is 9.47 Å². The lowest BCUT2D eigenvalue weighted by Crippen LogP contribution is -1.98. The average molecular weight is 243 g/mol. The molecule has 0 atom stereocenters. The van der Waals surface area contributed by atoms with E-state index in [0.717, 1.165) is 28.4 Å². The summed E-state index contributed by atoms with van der Waals surface area (Å²) in [5.74, 6) is 1.66. The van der Waals surface area contributed by atoms with Gasteiger partial charge in [0.15, 0.2) is 0 Å². The number of hydrogen-bond acceptors (Lipinski definition) is 3. The SMILES string of the molecule is COc1ccccc1Nc1cccc(C)c1OC. The van der Waals surface area contributed by atoms with Crippen LogP contribution in [0.5, 0.6) is 11.5 Å². The number of ether oxygens (including phenoxy) is 2. The molecular weight excluding hydrogens is 226 g/mol. The Balaban J connectivity index is 2.37. The predicted molar refractivity (Wildman–Crippen MR) is 74.0 cm³/mol. The fourth-order valence-corrected chi connectivity index (χ4v) is 1.91. The Morgan fingerprint density at radius 2 is 1.56 bits per heavy atom. The van der Waals surface area contributed by atoms with Gasteiger partial charge in [0.2, 0.25) is 0 Å². The molecule has 0 saturated heterocycles. The number of nitrogens with one attached hydrogen (secondary N) is 1. The minimum atomic E-state index is 0.807. The lowest BCUT2D eigenvalue weighted by Gasteiger charge is -2.15. The Kier molecular flexibility index (Phi) is 3.72. The Hall–Kier alpha value is -2.16. The van der Waals surface area contributed by atoms with Gasteiger partial charge in [-0.1, -0.05) is 24.3 Å². The van der Waals surface area contributed by atoms with Gasteiger partial charge in [-0.25, -0.2) is 0 Å². The first-order chi connectivity index (χ1) is 8.76. The van der Waals surface area contributed by atoms with E-state index in [9.17, 15) is 0 Å². The third-order valence-corrected chi connectivity index (χ3v) is 2.79. The molecule has 2 aromatic carbocycles. The van der Waals surface area contributed by atoms with Crippen molar-refractivity contribution in [3.8, 4) is 11.5 Å². The van der Waals surface area contributed by atoms with Crippen LogP contribution in [0.25, 0.3) is 0 Å². The molecule has 0 aliphatic rings. The molecule has 0 spiro atoms. The molecule has 0 aliphatic heterocycles.